The molecule has 1 fully saturated rings. The van der Waals surface area contributed by atoms with E-state index in [4.69, 9.17) is 4.42 Å². The lowest BCUT2D eigenvalue weighted by Gasteiger charge is -2.31. The van der Waals surface area contributed by atoms with E-state index in [0.29, 0.717) is 5.76 Å². The average Bonchev–Trinajstić information content (AvgIpc) is 2.73. The second-order valence-electron chi connectivity index (χ2n) is 4.21. The van der Waals surface area contributed by atoms with Crippen molar-refractivity contribution >= 4 is 17.8 Å². The number of oxazole rings is 1. The molecule has 0 spiro atoms. The molecule has 4 amide bonds. The second kappa shape index (κ2) is 4.25. The van der Waals surface area contributed by atoms with E-state index in [2.05, 4.69) is 10.3 Å². The topological polar surface area (TPSA) is 92.5 Å². The predicted octanol–water partition coefficient (Wildman–Crippen LogP) is 0.759. The van der Waals surface area contributed by atoms with Gasteiger partial charge < -0.3 is 4.42 Å². The largest absolute Gasteiger partial charge is 0.444 e. The van der Waals surface area contributed by atoms with Gasteiger partial charge >= 0.3 is 6.03 Å². The molecule has 0 bridgehead atoms. The van der Waals surface area contributed by atoms with Crippen molar-refractivity contribution in [3.63, 3.8) is 0 Å². The number of aromatic nitrogens is 1. The van der Waals surface area contributed by atoms with Crippen LogP contribution in [0.5, 0.6) is 0 Å². The summed E-state index contributed by atoms with van der Waals surface area (Å²) < 4.78 is 5.29. The van der Waals surface area contributed by atoms with E-state index >= 15 is 0 Å². The Balaban J connectivity index is 2.29. The first-order chi connectivity index (χ1) is 8.41. The molecule has 0 aliphatic carbocycles. The number of urea groups is 1. The van der Waals surface area contributed by atoms with Gasteiger partial charge in [0, 0.05) is 0 Å². The minimum atomic E-state index is -0.888. The Bertz CT molecular complexity index is 522. The minimum Gasteiger partial charge on any atom is -0.444 e. The van der Waals surface area contributed by atoms with E-state index in [0.717, 1.165) is 4.90 Å². The van der Waals surface area contributed by atoms with Gasteiger partial charge in [-0.3, -0.25) is 19.8 Å². The van der Waals surface area contributed by atoms with Crippen molar-refractivity contribution in [1.82, 2.24) is 15.2 Å². The van der Waals surface area contributed by atoms with Crippen LogP contribution in [0.25, 0.3) is 0 Å². The molecule has 1 aliphatic rings. The maximum atomic E-state index is 11.9. The Morgan fingerprint density at radius 3 is 2.67 bits per heavy atom. The molecule has 1 aliphatic heterocycles. The van der Waals surface area contributed by atoms with E-state index < -0.39 is 29.8 Å². The molecule has 1 aromatic rings. The lowest BCUT2D eigenvalue weighted by Crippen LogP contribution is -2.57. The van der Waals surface area contributed by atoms with Gasteiger partial charge in [0.25, 0.3) is 0 Å². The first-order valence-electron chi connectivity index (χ1n) is 5.52. The Kier molecular flexibility index (Phi) is 2.90. The van der Waals surface area contributed by atoms with Crippen LogP contribution in [-0.2, 0) is 9.59 Å². The van der Waals surface area contributed by atoms with Crippen LogP contribution >= 0.6 is 0 Å². The summed E-state index contributed by atoms with van der Waals surface area (Å²) in [5.74, 6) is -1.17. The highest BCUT2D eigenvalue weighted by Crippen LogP contribution is 2.24. The van der Waals surface area contributed by atoms with Crippen LogP contribution in [0, 0.1) is 12.8 Å². The van der Waals surface area contributed by atoms with Crippen molar-refractivity contribution in [2.45, 2.75) is 26.8 Å². The van der Waals surface area contributed by atoms with Gasteiger partial charge in [-0.1, -0.05) is 0 Å². The summed E-state index contributed by atoms with van der Waals surface area (Å²) >= 11 is 0. The van der Waals surface area contributed by atoms with Gasteiger partial charge in [-0.2, -0.15) is 0 Å². The molecule has 2 atom stereocenters. The van der Waals surface area contributed by atoms with Gasteiger partial charge in [0.1, 0.15) is 17.7 Å². The molecule has 0 saturated carbocycles. The summed E-state index contributed by atoms with van der Waals surface area (Å²) in [7, 11) is 0. The predicted molar refractivity (Wildman–Crippen MR) is 59.2 cm³/mol. The Morgan fingerprint density at radius 2 is 2.11 bits per heavy atom. The van der Waals surface area contributed by atoms with Crippen molar-refractivity contribution in [2.75, 3.05) is 0 Å². The Labute approximate surface area is 103 Å². The highest BCUT2D eigenvalue weighted by Gasteiger charge is 2.41. The molecule has 1 aromatic heterocycles. The fourth-order valence-electron chi connectivity index (χ4n) is 1.74. The molecule has 0 radical (unpaired) electrons. The van der Waals surface area contributed by atoms with Gasteiger partial charge in [0.15, 0.2) is 0 Å². The van der Waals surface area contributed by atoms with Gasteiger partial charge in [-0.15, -0.1) is 0 Å². The number of imide groups is 2. The number of hydrogen-bond acceptors (Lipinski definition) is 5. The molecule has 2 rings (SSSR count). The van der Waals surface area contributed by atoms with Crippen LogP contribution < -0.4 is 5.32 Å². The van der Waals surface area contributed by atoms with Crippen LogP contribution in [0.3, 0.4) is 0 Å². The zero-order chi connectivity index (χ0) is 13.4. The van der Waals surface area contributed by atoms with E-state index in [1.807, 2.05) is 0 Å². The Morgan fingerprint density at radius 1 is 1.44 bits per heavy atom. The number of nitrogens with zero attached hydrogens (tertiary/aromatic N) is 2. The number of amides is 4. The molecular weight excluding hydrogens is 238 g/mol. The molecule has 18 heavy (non-hydrogen) atoms. The Hall–Kier alpha value is -2.18. The normalized spacial score (nSPS) is 22.1. The SMILES string of the molecule is Cc1cnc(C(C)N2C(=O)NC(=O)C(C)C2=O)o1. The standard InChI is InChI=1S/C11H13N3O4/c1-5-4-12-9(18-5)7(3)14-10(16)6(2)8(15)13-11(14)17/h4,6-7H,1-3H3,(H,13,15,17). The van der Waals surface area contributed by atoms with E-state index in [1.54, 1.807) is 13.8 Å². The molecule has 0 aromatic carbocycles. The molecule has 2 heterocycles. The summed E-state index contributed by atoms with van der Waals surface area (Å²) in [5.41, 5.74) is 0. The van der Waals surface area contributed by atoms with Crippen LogP contribution in [-0.4, -0.2) is 27.7 Å². The first kappa shape index (κ1) is 12.3. The molecule has 1 N–H and O–H groups in total. The number of aryl methyl sites for hydroxylation is 1. The fourth-order valence-corrected chi connectivity index (χ4v) is 1.74. The highest BCUT2D eigenvalue weighted by atomic mass is 16.4. The number of rotatable bonds is 2. The average molecular weight is 251 g/mol. The monoisotopic (exact) mass is 251 g/mol. The maximum Gasteiger partial charge on any atom is 0.331 e. The minimum absolute atomic E-state index is 0.262. The van der Waals surface area contributed by atoms with Crippen LogP contribution in [0.4, 0.5) is 4.79 Å². The summed E-state index contributed by atoms with van der Waals surface area (Å²) in [4.78, 5) is 39.9. The number of carbonyl (C=O) groups is 3. The highest BCUT2D eigenvalue weighted by molar-refractivity contribution is 6.16. The van der Waals surface area contributed by atoms with Gasteiger partial charge in [-0.25, -0.2) is 9.78 Å². The lowest BCUT2D eigenvalue weighted by molar-refractivity contribution is -0.143. The summed E-state index contributed by atoms with van der Waals surface area (Å²) in [5, 5.41) is 2.12. The maximum absolute atomic E-state index is 11.9. The summed E-state index contributed by atoms with van der Waals surface area (Å²) in [6.07, 6.45) is 1.51. The fraction of sp³-hybridized carbons (Fsp3) is 0.455. The second-order valence-corrected chi connectivity index (χ2v) is 4.21. The first-order valence-corrected chi connectivity index (χ1v) is 5.52. The van der Waals surface area contributed by atoms with Crippen LogP contribution in [0.15, 0.2) is 10.6 Å². The zero-order valence-corrected chi connectivity index (χ0v) is 10.3. The van der Waals surface area contributed by atoms with Crippen molar-refractivity contribution in [2.24, 2.45) is 5.92 Å². The molecule has 2 unspecified atom stereocenters. The third-order valence-corrected chi connectivity index (χ3v) is 2.83. The molecule has 1 saturated heterocycles. The molecule has 7 heteroatoms. The molecular formula is C11H13N3O4. The van der Waals surface area contributed by atoms with Crippen molar-refractivity contribution < 1.29 is 18.8 Å². The number of hydrogen-bond donors (Lipinski definition) is 1. The smallest absolute Gasteiger partial charge is 0.331 e. The third kappa shape index (κ3) is 1.87. The zero-order valence-electron chi connectivity index (χ0n) is 10.3. The third-order valence-electron chi connectivity index (χ3n) is 2.83. The van der Waals surface area contributed by atoms with E-state index in [9.17, 15) is 14.4 Å². The van der Waals surface area contributed by atoms with Gasteiger partial charge in [0.2, 0.25) is 17.7 Å². The number of carbonyl (C=O) groups excluding carboxylic acids is 3. The van der Waals surface area contributed by atoms with E-state index in [1.165, 1.54) is 13.1 Å². The van der Waals surface area contributed by atoms with Crippen molar-refractivity contribution in [3.05, 3.63) is 17.8 Å². The van der Waals surface area contributed by atoms with E-state index in [-0.39, 0.29) is 5.89 Å². The summed E-state index contributed by atoms with van der Waals surface area (Å²) in [6, 6.07) is -1.40. The lowest BCUT2D eigenvalue weighted by atomic mass is 10.1. The van der Waals surface area contributed by atoms with Gasteiger partial charge in [0.05, 0.1) is 6.20 Å². The quantitative estimate of drug-likeness (QED) is 0.783. The van der Waals surface area contributed by atoms with Gasteiger partial charge in [-0.05, 0) is 20.8 Å². The summed E-state index contributed by atoms with van der Waals surface area (Å²) in [6.45, 7) is 4.78. The molecule has 96 valence electrons. The number of barbiturate groups is 1. The number of nitrogens with one attached hydrogen (secondary N) is 1. The molecule has 7 nitrogen and oxygen atoms in total. The van der Waals surface area contributed by atoms with Crippen molar-refractivity contribution in [1.29, 1.82) is 0 Å². The van der Waals surface area contributed by atoms with Crippen molar-refractivity contribution in [3.8, 4) is 0 Å². The van der Waals surface area contributed by atoms with Crippen LogP contribution in [0.1, 0.15) is 31.5 Å². The van der Waals surface area contributed by atoms with Crippen LogP contribution in [0.2, 0.25) is 0 Å².